The van der Waals surface area contributed by atoms with Gasteiger partial charge in [-0.05, 0) is 32.2 Å². The maximum absolute atomic E-state index is 9.20. The molecule has 1 aliphatic carbocycles. The maximum Gasteiger partial charge on any atom is 0.0572 e. The first-order valence-corrected chi connectivity index (χ1v) is 4.02. The first-order chi connectivity index (χ1) is 4.66. The highest BCUT2D eigenvalue weighted by Crippen LogP contribution is 2.36. The Morgan fingerprint density at radius 2 is 2.20 bits per heavy atom. The van der Waals surface area contributed by atoms with Crippen molar-refractivity contribution in [2.75, 3.05) is 7.05 Å². The Labute approximate surface area is 62.6 Å². The Morgan fingerprint density at radius 1 is 1.60 bits per heavy atom. The summed E-state index contributed by atoms with van der Waals surface area (Å²) in [4.78, 5) is 0. The summed E-state index contributed by atoms with van der Waals surface area (Å²) in [5.41, 5.74) is 0. The van der Waals surface area contributed by atoms with Gasteiger partial charge in [-0.15, -0.1) is 0 Å². The highest BCUT2D eigenvalue weighted by molar-refractivity contribution is 4.91. The second-order valence-electron chi connectivity index (χ2n) is 3.40. The fourth-order valence-corrected chi connectivity index (χ4v) is 1.67. The zero-order valence-corrected chi connectivity index (χ0v) is 6.96. The van der Waals surface area contributed by atoms with Crippen LogP contribution in [0.15, 0.2) is 0 Å². The summed E-state index contributed by atoms with van der Waals surface area (Å²) in [5, 5.41) is 12.4. The summed E-state index contributed by atoms with van der Waals surface area (Å²) >= 11 is 0. The van der Waals surface area contributed by atoms with Gasteiger partial charge >= 0.3 is 0 Å². The molecule has 0 aromatic rings. The molecule has 1 saturated carbocycles. The van der Waals surface area contributed by atoms with E-state index >= 15 is 0 Å². The predicted octanol–water partition coefficient (Wildman–Crippen LogP) is 0.611. The standard InChI is InChI=1S/C8H17NO/c1-5-7(4-8(5)10)6(2)9-3/h5-10H,4H2,1-3H3/t5?,6?,7?,8-/m1/s1. The van der Waals surface area contributed by atoms with Gasteiger partial charge in [-0.3, -0.25) is 0 Å². The number of nitrogens with one attached hydrogen (secondary N) is 1. The molecule has 0 radical (unpaired) electrons. The van der Waals surface area contributed by atoms with Crippen molar-refractivity contribution in [1.29, 1.82) is 0 Å². The lowest BCUT2D eigenvalue weighted by Crippen LogP contribution is -2.48. The summed E-state index contributed by atoms with van der Waals surface area (Å²) in [6.07, 6.45) is 0.934. The SMILES string of the molecule is CNC(C)C1C[C@@H](O)C1C. The molecule has 0 amide bonds. The molecule has 10 heavy (non-hydrogen) atoms. The Balaban J connectivity index is 2.32. The van der Waals surface area contributed by atoms with Crippen molar-refractivity contribution in [3.05, 3.63) is 0 Å². The van der Waals surface area contributed by atoms with E-state index in [2.05, 4.69) is 19.2 Å². The molecule has 1 aliphatic rings. The van der Waals surface area contributed by atoms with Gasteiger partial charge in [-0.1, -0.05) is 6.92 Å². The van der Waals surface area contributed by atoms with Crippen LogP contribution in [0.1, 0.15) is 20.3 Å². The van der Waals surface area contributed by atoms with Crippen LogP contribution in [0.3, 0.4) is 0 Å². The minimum atomic E-state index is -0.0409. The third-order valence-corrected chi connectivity index (χ3v) is 2.89. The fourth-order valence-electron chi connectivity index (χ4n) is 1.67. The summed E-state index contributed by atoms with van der Waals surface area (Å²) in [5.74, 6) is 1.17. The number of aliphatic hydroxyl groups is 1. The molecule has 0 aromatic heterocycles. The zero-order valence-electron chi connectivity index (χ0n) is 6.96. The topological polar surface area (TPSA) is 32.3 Å². The van der Waals surface area contributed by atoms with E-state index in [-0.39, 0.29) is 6.10 Å². The zero-order chi connectivity index (χ0) is 7.72. The fraction of sp³-hybridized carbons (Fsp3) is 1.00. The average molecular weight is 143 g/mol. The molecule has 0 saturated heterocycles. The van der Waals surface area contributed by atoms with E-state index in [1.165, 1.54) is 0 Å². The number of hydrogen-bond acceptors (Lipinski definition) is 2. The highest BCUT2D eigenvalue weighted by Gasteiger charge is 2.38. The van der Waals surface area contributed by atoms with Crippen molar-refractivity contribution in [1.82, 2.24) is 5.32 Å². The van der Waals surface area contributed by atoms with Crippen LogP contribution in [0.5, 0.6) is 0 Å². The van der Waals surface area contributed by atoms with Gasteiger partial charge < -0.3 is 10.4 Å². The second kappa shape index (κ2) is 2.89. The number of rotatable bonds is 2. The van der Waals surface area contributed by atoms with E-state index in [1.54, 1.807) is 0 Å². The molecular weight excluding hydrogens is 126 g/mol. The van der Waals surface area contributed by atoms with E-state index in [0.29, 0.717) is 17.9 Å². The lowest BCUT2D eigenvalue weighted by Gasteiger charge is -2.42. The Bertz CT molecular complexity index is 112. The molecule has 2 nitrogen and oxygen atoms in total. The van der Waals surface area contributed by atoms with Crippen LogP contribution >= 0.6 is 0 Å². The molecule has 4 atom stereocenters. The highest BCUT2D eigenvalue weighted by atomic mass is 16.3. The number of aliphatic hydroxyl groups excluding tert-OH is 1. The van der Waals surface area contributed by atoms with Crippen molar-refractivity contribution in [3.8, 4) is 0 Å². The first-order valence-electron chi connectivity index (χ1n) is 4.02. The predicted molar refractivity (Wildman–Crippen MR) is 41.8 cm³/mol. The Kier molecular flexibility index (Phi) is 2.32. The summed E-state index contributed by atoms with van der Waals surface area (Å²) in [6.45, 7) is 4.29. The van der Waals surface area contributed by atoms with E-state index in [0.717, 1.165) is 6.42 Å². The van der Waals surface area contributed by atoms with E-state index in [9.17, 15) is 5.11 Å². The van der Waals surface area contributed by atoms with Crippen LogP contribution in [-0.2, 0) is 0 Å². The van der Waals surface area contributed by atoms with E-state index in [1.807, 2.05) is 7.05 Å². The molecule has 1 rings (SSSR count). The molecule has 0 spiro atoms. The quantitative estimate of drug-likeness (QED) is 0.593. The Morgan fingerprint density at radius 3 is 2.50 bits per heavy atom. The van der Waals surface area contributed by atoms with Crippen molar-refractivity contribution in [2.24, 2.45) is 11.8 Å². The van der Waals surface area contributed by atoms with Crippen LogP contribution < -0.4 is 5.32 Å². The molecule has 0 aromatic carbocycles. The number of hydrogen-bond donors (Lipinski definition) is 2. The molecule has 1 fully saturated rings. The van der Waals surface area contributed by atoms with Gasteiger partial charge in [0.2, 0.25) is 0 Å². The minimum Gasteiger partial charge on any atom is -0.393 e. The minimum absolute atomic E-state index is 0.0409. The van der Waals surface area contributed by atoms with Crippen LogP contribution in [0.25, 0.3) is 0 Å². The van der Waals surface area contributed by atoms with Crippen molar-refractivity contribution >= 4 is 0 Å². The van der Waals surface area contributed by atoms with Crippen molar-refractivity contribution in [2.45, 2.75) is 32.4 Å². The van der Waals surface area contributed by atoms with Crippen LogP contribution in [0.2, 0.25) is 0 Å². The summed E-state index contributed by atoms with van der Waals surface area (Å²) in [7, 11) is 1.97. The molecule has 2 N–H and O–H groups in total. The van der Waals surface area contributed by atoms with Crippen molar-refractivity contribution in [3.63, 3.8) is 0 Å². The molecule has 0 heterocycles. The third kappa shape index (κ3) is 1.18. The van der Waals surface area contributed by atoms with Gasteiger partial charge in [0.25, 0.3) is 0 Å². The van der Waals surface area contributed by atoms with Gasteiger partial charge in [0.05, 0.1) is 6.10 Å². The van der Waals surface area contributed by atoms with Gasteiger partial charge in [0, 0.05) is 6.04 Å². The van der Waals surface area contributed by atoms with Crippen LogP contribution in [-0.4, -0.2) is 24.3 Å². The largest absolute Gasteiger partial charge is 0.393 e. The summed E-state index contributed by atoms with van der Waals surface area (Å²) < 4.78 is 0. The first kappa shape index (κ1) is 8.02. The van der Waals surface area contributed by atoms with Crippen LogP contribution in [0, 0.1) is 11.8 Å². The van der Waals surface area contributed by atoms with E-state index < -0.39 is 0 Å². The van der Waals surface area contributed by atoms with Gasteiger partial charge in [0.1, 0.15) is 0 Å². The second-order valence-corrected chi connectivity index (χ2v) is 3.40. The third-order valence-electron chi connectivity index (χ3n) is 2.89. The lowest BCUT2D eigenvalue weighted by molar-refractivity contribution is -0.0356. The van der Waals surface area contributed by atoms with Gasteiger partial charge in [0.15, 0.2) is 0 Å². The monoisotopic (exact) mass is 143 g/mol. The van der Waals surface area contributed by atoms with Crippen molar-refractivity contribution < 1.29 is 5.11 Å². The van der Waals surface area contributed by atoms with Gasteiger partial charge in [-0.2, -0.15) is 0 Å². The molecule has 3 unspecified atom stereocenters. The van der Waals surface area contributed by atoms with E-state index in [4.69, 9.17) is 0 Å². The smallest absolute Gasteiger partial charge is 0.0572 e. The molecular formula is C8H17NO. The normalized spacial score (nSPS) is 42.6. The molecule has 0 aliphatic heterocycles. The molecule has 60 valence electrons. The lowest BCUT2D eigenvalue weighted by atomic mass is 9.69. The van der Waals surface area contributed by atoms with Crippen LogP contribution in [0.4, 0.5) is 0 Å². The molecule has 2 heteroatoms. The van der Waals surface area contributed by atoms with Gasteiger partial charge in [-0.25, -0.2) is 0 Å². The average Bonchev–Trinajstić information content (AvgIpc) is 1.98. The maximum atomic E-state index is 9.20. The summed E-state index contributed by atoms with van der Waals surface area (Å²) in [6, 6.07) is 0.554. The Hall–Kier alpha value is -0.0800. The molecule has 0 bridgehead atoms.